The van der Waals surface area contributed by atoms with E-state index in [0.29, 0.717) is 5.75 Å². The Bertz CT molecular complexity index is 1120. The van der Waals surface area contributed by atoms with Gasteiger partial charge in [-0.2, -0.15) is 18.3 Å². The summed E-state index contributed by atoms with van der Waals surface area (Å²) in [6, 6.07) is 13.8. The minimum absolute atomic E-state index is 0.214. The number of nitrogens with one attached hydrogen (secondary N) is 1. The van der Waals surface area contributed by atoms with E-state index < -0.39 is 17.6 Å². The summed E-state index contributed by atoms with van der Waals surface area (Å²) < 4.78 is 49.8. The van der Waals surface area contributed by atoms with E-state index in [0.717, 1.165) is 23.3 Å². The monoisotopic (exact) mass is 444 g/mol. The Labute approximate surface area is 183 Å². The van der Waals surface area contributed by atoms with Gasteiger partial charge >= 0.3 is 6.18 Å². The van der Waals surface area contributed by atoms with Crippen LogP contribution in [-0.4, -0.2) is 18.7 Å². The molecule has 2 aromatic carbocycles. The molecule has 0 aliphatic heterocycles. The van der Waals surface area contributed by atoms with Crippen molar-refractivity contribution in [1.82, 2.24) is 5.43 Å². The summed E-state index contributed by atoms with van der Waals surface area (Å²) in [5.74, 6) is 0.974. The van der Waals surface area contributed by atoms with Gasteiger partial charge < -0.3 is 9.15 Å². The van der Waals surface area contributed by atoms with Crippen LogP contribution in [0, 0.1) is 6.92 Å². The highest BCUT2D eigenvalue weighted by Crippen LogP contribution is 2.32. The van der Waals surface area contributed by atoms with Crippen molar-refractivity contribution >= 4 is 12.1 Å². The zero-order valence-corrected chi connectivity index (χ0v) is 17.9. The quantitative estimate of drug-likeness (QED) is 0.363. The van der Waals surface area contributed by atoms with Crippen LogP contribution in [0.3, 0.4) is 0 Å². The van der Waals surface area contributed by atoms with Gasteiger partial charge in [0.1, 0.15) is 17.3 Å². The van der Waals surface area contributed by atoms with Gasteiger partial charge in [-0.1, -0.05) is 38.1 Å². The van der Waals surface area contributed by atoms with E-state index in [1.54, 1.807) is 6.07 Å². The van der Waals surface area contributed by atoms with Crippen LogP contribution in [0.25, 0.3) is 11.3 Å². The third-order valence-corrected chi connectivity index (χ3v) is 4.63. The van der Waals surface area contributed by atoms with E-state index in [1.807, 2.05) is 39.0 Å². The van der Waals surface area contributed by atoms with Gasteiger partial charge in [-0.15, -0.1) is 0 Å². The molecular weight excluding hydrogens is 421 g/mol. The molecule has 5 nitrogen and oxygen atoms in total. The summed E-state index contributed by atoms with van der Waals surface area (Å²) >= 11 is 0. The molecule has 0 unspecified atom stereocenters. The van der Waals surface area contributed by atoms with Crippen LogP contribution in [0.2, 0.25) is 0 Å². The molecule has 8 heteroatoms. The van der Waals surface area contributed by atoms with Crippen molar-refractivity contribution in [1.29, 1.82) is 0 Å². The fourth-order valence-corrected chi connectivity index (χ4v) is 3.01. The Balaban J connectivity index is 1.58. The first-order valence-electron chi connectivity index (χ1n) is 9.96. The minimum atomic E-state index is -4.44. The van der Waals surface area contributed by atoms with Crippen LogP contribution in [0.5, 0.6) is 5.75 Å². The van der Waals surface area contributed by atoms with Gasteiger partial charge in [0.15, 0.2) is 6.61 Å². The lowest BCUT2D eigenvalue weighted by Crippen LogP contribution is -2.24. The lowest BCUT2D eigenvalue weighted by atomic mass is 10.0. The number of amides is 1. The van der Waals surface area contributed by atoms with Gasteiger partial charge in [0.2, 0.25) is 0 Å². The van der Waals surface area contributed by atoms with Crippen molar-refractivity contribution in [3.05, 3.63) is 77.0 Å². The molecule has 1 amide bonds. The third-order valence-electron chi connectivity index (χ3n) is 4.63. The van der Waals surface area contributed by atoms with Gasteiger partial charge in [0.25, 0.3) is 5.91 Å². The van der Waals surface area contributed by atoms with Crippen molar-refractivity contribution in [3.63, 3.8) is 0 Å². The van der Waals surface area contributed by atoms with Crippen molar-refractivity contribution in [2.75, 3.05) is 6.61 Å². The zero-order valence-electron chi connectivity index (χ0n) is 17.9. The van der Waals surface area contributed by atoms with Crippen LogP contribution in [0.4, 0.5) is 13.2 Å². The van der Waals surface area contributed by atoms with Crippen LogP contribution in [-0.2, 0) is 11.0 Å². The van der Waals surface area contributed by atoms with Gasteiger partial charge in [-0.05, 0) is 54.3 Å². The van der Waals surface area contributed by atoms with Crippen LogP contribution in [0.1, 0.15) is 42.2 Å². The summed E-state index contributed by atoms with van der Waals surface area (Å²) in [4.78, 5) is 12.0. The summed E-state index contributed by atoms with van der Waals surface area (Å²) in [6.07, 6.45) is -3.17. The molecule has 168 valence electrons. The van der Waals surface area contributed by atoms with Crippen LogP contribution < -0.4 is 10.2 Å². The average Bonchev–Trinajstić information content (AvgIpc) is 3.20. The number of hydrogen-bond donors (Lipinski definition) is 1. The molecule has 3 aromatic rings. The summed E-state index contributed by atoms with van der Waals surface area (Å²) in [5.41, 5.74) is 3.90. The fraction of sp³-hybridized carbons (Fsp3) is 0.250. The molecule has 0 saturated carbocycles. The Morgan fingerprint density at radius 2 is 1.94 bits per heavy atom. The second-order valence-corrected chi connectivity index (χ2v) is 7.56. The molecule has 0 aliphatic rings. The SMILES string of the molecule is Cc1ccc(C(C)C)c(OCC(=O)N/N=C\c2ccc(-c3cccc(C(F)(F)F)c3)o2)c1. The molecule has 0 bridgehead atoms. The molecule has 0 atom stereocenters. The fourth-order valence-electron chi connectivity index (χ4n) is 3.01. The molecule has 32 heavy (non-hydrogen) atoms. The van der Waals surface area contributed by atoms with Crippen molar-refractivity contribution in [2.24, 2.45) is 5.10 Å². The normalized spacial score (nSPS) is 11.8. The largest absolute Gasteiger partial charge is 0.483 e. The van der Waals surface area contributed by atoms with Crippen LogP contribution >= 0.6 is 0 Å². The summed E-state index contributed by atoms with van der Waals surface area (Å²) in [5, 5.41) is 3.81. The molecule has 0 fully saturated rings. The van der Waals surface area contributed by atoms with Crippen molar-refractivity contribution < 1.29 is 27.1 Å². The Morgan fingerprint density at radius 1 is 1.16 bits per heavy atom. The number of ether oxygens (including phenoxy) is 1. The maximum Gasteiger partial charge on any atom is 0.416 e. The number of carbonyl (C=O) groups excluding carboxylic acids is 1. The van der Waals surface area contributed by atoms with E-state index in [9.17, 15) is 18.0 Å². The molecule has 0 aliphatic carbocycles. The first kappa shape index (κ1) is 23.1. The lowest BCUT2D eigenvalue weighted by Gasteiger charge is -2.14. The number of hydrogen-bond acceptors (Lipinski definition) is 4. The molecule has 1 N–H and O–H groups in total. The Kier molecular flexibility index (Phi) is 7.02. The predicted octanol–water partition coefficient (Wildman–Crippen LogP) is 5.93. The van der Waals surface area contributed by atoms with Crippen LogP contribution in [0.15, 0.2) is 64.1 Å². The standard InChI is InChI=1S/C24H23F3N2O3/c1-15(2)20-9-7-16(3)11-22(20)31-14-23(30)29-28-13-19-8-10-21(32-19)17-5-4-6-18(12-17)24(25,26)27/h4-13,15H,14H2,1-3H3,(H,29,30)/b28-13-. The lowest BCUT2D eigenvalue weighted by molar-refractivity contribution is -0.137. The number of aryl methyl sites for hydroxylation is 1. The summed E-state index contributed by atoms with van der Waals surface area (Å²) in [6.45, 7) is 5.81. The highest BCUT2D eigenvalue weighted by atomic mass is 19.4. The Morgan fingerprint density at radius 3 is 2.66 bits per heavy atom. The Hall–Kier alpha value is -3.55. The molecule has 0 spiro atoms. The van der Waals surface area contributed by atoms with E-state index in [4.69, 9.17) is 9.15 Å². The molecule has 1 aromatic heterocycles. The van der Waals surface area contributed by atoms with E-state index in [1.165, 1.54) is 24.4 Å². The van der Waals surface area contributed by atoms with Gasteiger partial charge in [-0.25, -0.2) is 5.43 Å². The highest BCUT2D eigenvalue weighted by Gasteiger charge is 2.30. The van der Waals surface area contributed by atoms with Crippen molar-refractivity contribution in [2.45, 2.75) is 32.9 Å². The second kappa shape index (κ2) is 9.72. The topological polar surface area (TPSA) is 63.8 Å². The van der Waals surface area contributed by atoms with Gasteiger partial charge in [0, 0.05) is 5.56 Å². The number of alkyl halides is 3. The maximum absolute atomic E-state index is 12.9. The highest BCUT2D eigenvalue weighted by molar-refractivity contribution is 5.81. The molecule has 0 saturated heterocycles. The predicted molar refractivity (Wildman–Crippen MR) is 116 cm³/mol. The molecule has 1 heterocycles. The van der Waals surface area contributed by atoms with Gasteiger partial charge in [0.05, 0.1) is 11.8 Å². The number of carbonyl (C=O) groups is 1. The number of hydrazone groups is 1. The molecular formula is C24H23F3N2O3. The zero-order chi connectivity index (χ0) is 23.3. The maximum atomic E-state index is 12.9. The van der Waals surface area contributed by atoms with Gasteiger partial charge in [-0.3, -0.25) is 4.79 Å². The van der Waals surface area contributed by atoms with E-state index >= 15 is 0 Å². The number of benzene rings is 2. The average molecular weight is 444 g/mol. The molecule has 0 radical (unpaired) electrons. The van der Waals surface area contributed by atoms with E-state index in [-0.39, 0.29) is 29.6 Å². The summed E-state index contributed by atoms with van der Waals surface area (Å²) in [7, 11) is 0. The number of rotatable bonds is 7. The van der Waals surface area contributed by atoms with E-state index in [2.05, 4.69) is 10.5 Å². The first-order valence-corrected chi connectivity index (χ1v) is 9.96. The number of furan rings is 1. The first-order chi connectivity index (χ1) is 15.1. The molecule has 3 rings (SSSR count). The van der Waals surface area contributed by atoms with Crippen molar-refractivity contribution in [3.8, 4) is 17.1 Å². The smallest absolute Gasteiger partial charge is 0.416 e. The third kappa shape index (κ3) is 6.00. The minimum Gasteiger partial charge on any atom is -0.483 e. The second-order valence-electron chi connectivity index (χ2n) is 7.56. The number of halogens is 3. The number of nitrogens with zero attached hydrogens (tertiary/aromatic N) is 1.